The molecule has 0 aliphatic carbocycles. The third-order valence-corrected chi connectivity index (χ3v) is 4.31. The minimum absolute atomic E-state index is 0.0671. The Morgan fingerprint density at radius 3 is 2.71 bits per heavy atom. The molecule has 1 aromatic carbocycles. The SMILES string of the molecule is CCCCCCOC(=O)N[C@H](CC(N)=O)c1cn(CCc2ccccc2)nn1. The zero-order valence-electron chi connectivity index (χ0n) is 16.3. The highest BCUT2D eigenvalue weighted by Gasteiger charge is 2.21. The van der Waals surface area contributed by atoms with Gasteiger partial charge in [0.25, 0.3) is 0 Å². The number of nitrogens with zero attached hydrogens (tertiary/aromatic N) is 3. The molecule has 152 valence electrons. The largest absolute Gasteiger partial charge is 0.450 e. The molecule has 3 N–H and O–H groups in total. The first kappa shape index (κ1) is 21.4. The van der Waals surface area contributed by atoms with Crippen LogP contribution in [-0.4, -0.2) is 33.6 Å². The second-order valence-corrected chi connectivity index (χ2v) is 6.71. The molecule has 2 rings (SSSR count). The van der Waals surface area contributed by atoms with Crippen LogP contribution >= 0.6 is 0 Å². The number of unbranched alkanes of at least 4 members (excludes halogenated alkanes) is 3. The van der Waals surface area contributed by atoms with E-state index in [2.05, 4.69) is 22.6 Å². The van der Waals surface area contributed by atoms with Gasteiger partial charge in [0.05, 0.1) is 25.3 Å². The number of aromatic nitrogens is 3. The number of nitrogens with two attached hydrogens (primary N) is 1. The highest BCUT2D eigenvalue weighted by atomic mass is 16.5. The molecule has 1 heterocycles. The summed E-state index contributed by atoms with van der Waals surface area (Å²) in [6, 6.07) is 9.38. The second-order valence-electron chi connectivity index (χ2n) is 6.71. The van der Waals surface area contributed by atoms with Gasteiger partial charge in [-0.2, -0.15) is 0 Å². The molecule has 0 unspecified atom stereocenters. The summed E-state index contributed by atoms with van der Waals surface area (Å²) in [6.45, 7) is 3.11. The Morgan fingerprint density at radius 1 is 1.21 bits per heavy atom. The topological polar surface area (TPSA) is 112 Å². The lowest BCUT2D eigenvalue weighted by Crippen LogP contribution is -2.32. The van der Waals surface area contributed by atoms with Gasteiger partial charge in [-0.15, -0.1) is 5.10 Å². The molecule has 8 heteroatoms. The molecule has 0 spiro atoms. The quantitative estimate of drug-likeness (QED) is 0.544. The van der Waals surface area contributed by atoms with Crippen LogP contribution in [0.3, 0.4) is 0 Å². The molecule has 0 aliphatic heterocycles. The van der Waals surface area contributed by atoms with Crippen molar-refractivity contribution in [1.82, 2.24) is 20.3 Å². The maximum absolute atomic E-state index is 12.0. The van der Waals surface area contributed by atoms with Crippen LogP contribution in [0.1, 0.15) is 56.3 Å². The number of aryl methyl sites for hydroxylation is 2. The summed E-state index contributed by atoms with van der Waals surface area (Å²) in [6.07, 6.45) is 5.94. The second kappa shape index (κ2) is 11.7. The Labute approximate surface area is 165 Å². The lowest BCUT2D eigenvalue weighted by atomic mass is 10.1. The van der Waals surface area contributed by atoms with E-state index in [1.54, 1.807) is 10.9 Å². The average molecular weight is 387 g/mol. The molecule has 1 atom stereocenters. The van der Waals surface area contributed by atoms with Crippen LogP contribution in [0.5, 0.6) is 0 Å². The van der Waals surface area contributed by atoms with Gasteiger partial charge in [-0.25, -0.2) is 4.79 Å². The summed E-state index contributed by atoms with van der Waals surface area (Å²) < 4.78 is 6.87. The smallest absolute Gasteiger partial charge is 0.407 e. The molecular formula is C20H29N5O3. The summed E-state index contributed by atoms with van der Waals surface area (Å²) in [7, 11) is 0. The number of carbonyl (C=O) groups is 2. The van der Waals surface area contributed by atoms with Crippen LogP contribution in [0.2, 0.25) is 0 Å². The number of alkyl carbamates (subject to hydrolysis) is 1. The summed E-state index contributed by atoms with van der Waals surface area (Å²) in [5.41, 5.74) is 6.99. The molecule has 0 aliphatic rings. The summed E-state index contributed by atoms with van der Waals surface area (Å²) in [5, 5.41) is 10.8. The van der Waals surface area contributed by atoms with Gasteiger partial charge in [0.15, 0.2) is 0 Å². The first-order chi connectivity index (χ1) is 13.6. The average Bonchev–Trinajstić information content (AvgIpc) is 3.15. The van der Waals surface area contributed by atoms with E-state index in [1.807, 2.05) is 30.3 Å². The van der Waals surface area contributed by atoms with Crippen LogP contribution in [0.25, 0.3) is 0 Å². The molecule has 0 fully saturated rings. The number of rotatable bonds is 12. The molecule has 1 aromatic heterocycles. The lowest BCUT2D eigenvalue weighted by Gasteiger charge is -2.14. The van der Waals surface area contributed by atoms with E-state index < -0.39 is 18.0 Å². The number of nitrogens with one attached hydrogen (secondary N) is 1. The molecule has 28 heavy (non-hydrogen) atoms. The predicted molar refractivity (Wildman–Crippen MR) is 105 cm³/mol. The fraction of sp³-hybridized carbons (Fsp3) is 0.500. The molecule has 0 bridgehead atoms. The van der Waals surface area contributed by atoms with Crippen molar-refractivity contribution in [2.45, 2.75) is 58.0 Å². The van der Waals surface area contributed by atoms with Gasteiger partial charge in [0, 0.05) is 6.54 Å². The minimum Gasteiger partial charge on any atom is -0.450 e. The van der Waals surface area contributed by atoms with Crippen LogP contribution in [0.4, 0.5) is 4.79 Å². The van der Waals surface area contributed by atoms with Crippen molar-refractivity contribution < 1.29 is 14.3 Å². The molecule has 0 saturated heterocycles. The number of carbonyl (C=O) groups excluding carboxylic acids is 2. The van der Waals surface area contributed by atoms with Crippen molar-refractivity contribution in [3.63, 3.8) is 0 Å². The molecule has 0 saturated carbocycles. The Kier molecular flexibility index (Phi) is 8.97. The van der Waals surface area contributed by atoms with Crippen LogP contribution < -0.4 is 11.1 Å². The maximum Gasteiger partial charge on any atom is 0.407 e. The number of ether oxygens (including phenoxy) is 1. The Morgan fingerprint density at radius 2 is 2.00 bits per heavy atom. The number of hydrogen-bond donors (Lipinski definition) is 2. The Balaban J connectivity index is 1.88. The normalized spacial score (nSPS) is 11.8. The van der Waals surface area contributed by atoms with Gasteiger partial charge in [-0.05, 0) is 18.4 Å². The minimum atomic E-state index is -0.661. The van der Waals surface area contributed by atoms with Gasteiger partial charge < -0.3 is 15.8 Å². The van der Waals surface area contributed by atoms with Gasteiger partial charge in [-0.3, -0.25) is 9.48 Å². The Bertz CT molecular complexity index is 732. The van der Waals surface area contributed by atoms with E-state index in [0.29, 0.717) is 18.8 Å². The highest BCUT2D eigenvalue weighted by molar-refractivity contribution is 5.76. The lowest BCUT2D eigenvalue weighted by molar-refractivity contribution is -0.118. The van der Waals surface area contributed by atoms with E-state index in [1.165, 1.54) is 5.56 Å². The fourth-order valence-electron chi connectivity index (χ4n) is 2.78. The molecule has 2 amide bonds. The Hall–Kier alpha value is -2.90. The first-order valence-electron chi connectivity index (χ1n) is 9.74. The standard InChI is InChI=1S/C20H29N5O3/c1-2-3-4-8-13-28-20(27)22-17(14-19(21)26)18-15-25(24-23-18)12-11-16-9-6-5-7-10-16/h5-7,9-10,15,17H,2-4,8,11-14H2,1H3,(H2,21,26)(H,22,27)/t17-/m1/s1. The summed E-state index contributed by atoms with van der Waals surface area (Å²) >= 11 is 0. The number of amides is 2. The third-order valence-electron chi connectivity index (χ3n) is 4.31. The number of benzene rings is 1. The number of hydrogen-bond acceptors (Lipinski definition) is 5. The van der Waals surface area contributed by atoms with E-state index in [-0.39, 0.29) is 6.42 Å². The maximum atomic E-state index is 12.0. The van der Waals surface area contributed by atoms with Crippen LogP contribution in [0.15, 0.2) is 36.5 Å². The van der Waals surface area contributed by atoms with Crippen molar-refractivity contribution in [3.8, 4) is 0 Å². The van der Waals surface area contributed by atoms with E-state index in [0.717, 1.165) is 32.1 Å². The molecular weight excluding hydrogens is 358 g/mol. The predicted octanol–water partition coefficient (Wildman–Crippen LogP) is 2.74. The van der Waals surface area contributed by atoms with E-state index in [9.17, 15) is 9.59 Å². The van der Waals surface area contributed by atoms with Gasteiger partial charge in [0.1, 0.15) is 5.69 Å². The van der Waals surface area contributed by atoms with Gasteiger partial charge in [0.2, 0.25) is 5.91 Å². The monoisotopic (exact) mass is 387 g/mol. The molecule has 0 radical (unpaired) electrons. The third kappa shape index (κ3) is 7.77. The molecule has 2 aromatic rings. The van der Waals surface area contributed by atoms with Crippen molar-refractivity contribution in [2.75, 3.05) is 6.61 Å². The van der Waals surface area contributed by atoms with E-state index >= 15 is 0 Å². The van der Waals surface area contributed by atoms with Gasteiger partial charge in [-0.1, -0.05) is 61.7 Å². The molecule has 8 nitrogen and oxygen atoms in total. The zero-order chi connectivity index (χ0) is 20.2. The van der Waals surface area contributed by atoms with Gasteiger partial charge >= 0.3 is 6.09 Å². The highest BCUT2D eigenvalue weighted by Crippen LogP contribution is 2.14. The van der Waals surface area contributed by atoms with E-state index in [4.69, 9.17) is 10.5 Å². The summed E-state index contributed by atoms with van der Waals surface area (Å²) in [4.78, 5) is 23.4. The van der Waals surface area contributed by atoms with Crippen molar-refractivity contribution in [3.05, 3.63) is 47.8 Å². The van der Waals surface area contributed by atoms with Crippen molar-refractivity contribution in [1.29, 1.82) is 0 Å². The zero-order valence-corrected chi connectivity index (χ0v) is 16.3. The van der Waals surface area contributed by atoms with Crippen LogP contribution in [-0.2, 0) is 22.5 Å². The first-order valence-corrected chi connectivity index (χ1v) is 9.74. The summed E-state index contributed by atoms with van der Waals surface area (Å²) in [5.74, 6) is -0.535. The van der Waals surface area contributed by atoms with Crippen LogP contribution in [0, 0.1) is 0 Å². The van der Waals surface area contributed by atoms with Crippen molar-refractivity contribution in [2.24, 2.45) is 5.73 Å². The number of primary amides is 1. The fourth-order valence-corrected chi connectivity index (χ4v) is 2.78. The van der Waals surface area contributed by atoms with Crippen molar-refractivity contribution >= 4 is 12.0 Å².